The Balaban J connectivity index is 1.60. The summed E-state index contributed by atoms with van der Waals surface area (Å²) in [4.78, 5) is 4.03. The molecule has 0 amide bonds. The highest BCUT2D eigenvalue weighted by atomic mass is 16.5. The molecule has 5 nitrogen and oxygen atoms in total. The third-order valence-electron chi connectivity index (χ3n) is 3.43. The minimum Gasteiger partial charge on any atom is -0.489 e. The molecular formula is C17H18N4O. The van der Waals surface area contributed by atoms with Crippen LogP contribution in [0.5, 0.6) is 5.75 Å². The molecular weight excluding hydrogens is 276 g/mol. The highest BCUT2D eigenvalue weighted by molar-refractivity contribution is 5.32. The topological polar surface area (TPSA) is 62.8 Å². The second kappa shape index (κ2) is 6.76. The molecule has 0 aliphatic carbocycles. The van der Waals surface area contributed by atoms with Crippen molar-refractivity contribution in [3.63, 3.8) is 0 Å². The first-order valence-electron chi connectivity index (χ1n) is 7.17. The van der Waals surface area contributed by atoms with Crippen LogP contribution in [0.15, 0.2) is 54.9 Å². The number of aromatic amines is 1. The van der Waals surface area contributed by atoms with Gasteiger partial charge in [-0.2, -0.15) is 5.10 Å². The van der Waals surface area contributed by atoms with E-state index in [0.717, 1.165) is 11.3 Å². The zero-order chi connectivity index (χ0) is 15.2. The van der Waals surface area contributed by atoms with Gasteiger partial charge in [0.25, 0.3) is 0 Å². The van der Waals surface area contributed by atoms with Gasteiger partial charge < -0.3 is 10.1 Å². The van der Waals surface area contributed by atoms with E-state index in [1.54, 1.807) is 0 Å². The van der Waals surface area contributed by atoms with Gasteiger partial charge in [0.2, 0.25) is 5.95 Å². The molecule has 0 spiro atoms. The molecule has 0 bridgehead atoms. The van der Waals surface area contributed by atoms with Gasteiger partial charge >= 0.3 is 0 Å². The van der Waals surface area contributed by atoms with E-state index in [1.807, 2.05) is 36.4 Å². The van der Waals surface area contributed by atoms with Gasteiger partial charge in [-0.1, -0.05) is 36.4 Å². The average Bonchev–Trinajstić information content (AvgIpc) is 3.06. The third kappa shape index (κ3) is 3.63. The molecule has 1 heterocycles. The molecule has 0 aliphatic heterocycles. The number of rotatable bonds is 6. The Morgan fingerprint density at radius 3 is 2.86 bits per heavy atom. The summed E-state index contributed by atoms with van der Waals surface area (Å²) >= 11 is 0. The second-order valence-corrected chi connectivity index (χ2v) is 5.05. The predicted octanol–water partition coefficient (Wildman–Crippen LogP) is 3.30. The number of benzene rings is 2. The minimum atomic E-state index is 0.575. The summed E-state index contributed by atoms with van der Waals surface area (Å²) in [5.41, 5.74) is 3.57. The lowest BCUT2D eigenvalue weighted by atomic mass is 10.1. The maximum Gasteiger partial charge on any atom is 0.218 e. The van der Waals surface area contributed by atoms with Crippen molar-refractivity contribution in [2.45, 2.75) is 20.1 Å². The lowest BCUT2D eigenvalue weighted by molar-refractivity contribution is 0.305. The molecule has 0 saturated heterocycles. The maximum absolute atomic E-state index is 5.89. The monoisotopic (exact) mass is 294 g/mol. The molecule has 0 aliphatic rings. The molecule has 3 rings (SSSR count). The summed E-state index contributed by atoms with van der Waals surface area (Å²) in [6, 6.07) is 16.3. The van der Waals surface area contributed by atoms with Crippen LogP contribution in [-0.2, 0) is 13.2 Å². The van der Waals surface area contributed by atoms with Crippen LogP contribution in [0.2, 0.25) is 0 Å². The first kappa shape index (κ1) is 14.1. The molecule has 0 saturated carbocycles. The number of hydrogen-bond donors (Lipinski definition) is 2. The molecule has 0 atom stereocenters. The van der Waals surface area contributed by atoms with Crippen molar-refractivity contribution in [1.29, 1.82) is 0 Å². The minimum absolute atomic E-state index is 0.575. The van der Waals surface area contributed by atoms with Crippen LogP contribution < -0.4 is 10.1 Å². The number of H-pyrrole nitrogens is 1. The van der Waals surface area contributed by atoms with Gasteiger partial charge in [-0.3, -0.25) is 0 Å². The van der Waals surface area contributed by atoms with Gasteiger partial charge in [0.05, 0.1) is 0 Å². The number of aryl methyl sites for hydroxylation is 1. The van der Waals surface area contributed by atoms with E-state index < -0.39 is 0 Å². The Kier molecular flexibility index (Phi) is 4.34. The van der Waals surface area contributed by atoms with Crippen LogP contribution >= 0.6 is 0 Å². The molecule has 0 unspecified atom stereocenters. The van der Waals surface area contributed by atoms with E-state index in [1.165, 1.54) is 17.5 Å². The maximum atomic E-state index is 5.89. The Labute approximate surface area is 129 Å². The zero-order valence-corrected chi connectivity index (χ0v) is 12.4. The summed E-state index contributed by atoms with van der Waals surface area (Å²) in [6.07, 6.45) is 1.48. The van der Waals surface area contributed by atoms with Crippen LogP contribution in [0.25, 0.3) is 0 Å². The summed E-state index contributed by atoms with van der Waals surface area (Å²) in [5, 5.41) is 9.74. The molecule has 1 aromatic heterocycles. The van der Waals surface area contributed by atoms with Gasteiger partial charge in [0.15, 0.2) is 0 Å². The van der Waals surface area contributed by atoms with Crippen molar-refractivity contribution in [2.75, 3.05) is 5.32 Å². The van der Waals surface area contributed by atoms with Gasteiger partial charge in [0.1, 0.15) is 18.7 Å². The lowest BCUT2D eigenvalue weighted by Gasteiger charge is -2.10. The van der Waals surface area contributed by atoms with Crippen molar-refractivity contribution in [3.05, 3.63) is 71.5 Å². The smallest absolute Gasteiger partial charge is 0.218 e. The summed E-state index contributed by atoms with van der Waals surface area (Å²) in [7, 11) is 0. The molecule has 0 fully saturated rings. The van der Waals surface area contributed by atoms with Crippen LogP contribution in [0.3, 0.4) is 0 Å². The first-order valence-corrected chi connectivity index (χ1v) is 7.17. The number of hydrogen-bond acceptors (Lipinski definition) is 4. The summed E-state index contributed by atoms with van der Waals surface area (Å²) < 4.78 is 5.89. The quantitative estimate of drug-likeness (QED) is 0.732. The van der Waals surface area contributed by atoms with E-state index in [0.29, 0.717) is 19.1 Å². The fraction of sp³-hybridized carbons (Fsp3) is 0.176. The highest BCUT2D eigenvalue weighted by Crippen LogP contribution is 2.17. The van der Waals surface area contributed by atoms with E-state index in [4.69, 9.17) is 4.74 Å². The molecule has 3 aromatic rings. The highest BCUT2D eigenvalue weighted by Gasteiger charge is 2.01. The molecule has 5 heteroatoms. The first-order chi connectivity index (χ1) is 10.8. The number of nitrogens with one attached hydrogen (secondary N) is 2. The van der Waals surface area contributed by atoms with Gasteiger partial charge in [-0.25, -0.2) is 10.1 Å². The standard InChI is InChI=1S/C17H18N4O/c1-13-5-2-3-7-15(13)11-22-16-8-4-6-14(9-16)10-18-17-19-12-20-21-17/h2-9,12H,10-11H2,1H3,(H2,18,19,20,21). The largest absolute Gasteiger partial charge is 0.489 e. The van der Waals surface area contributed by atoms with Gasteiger partial charge in [-0.05, 0) is 35.7 Å². The van der Waals surface area contributed by atoms with E-state index in [-0.39, 0.29) is 0 Å². The van der Waals surface area contributed by atoms with E-state index in [2.05, 4.69) is 39.6 Å². The third-order valence-corrected chi connectivity index (χ3v) is 3.43. The van der Waals surface area contributed by atoms with Gasteiger partial charge in [-0.15, -0.1) is 0 Å². The molecule has 22 heavy (non-hydrogen) atoms. The molecule has 2 N–H and O–H groups in total. The SMILES string of the molecule is Cc1ccccc1COc1cccc(CNc2ncn[nH]2)c1. The summed E-state index contributed by atoms with van der Waals surface area (Å²) in [6.45, 7) is 3.33. The Hall–Kier alpha value is -2.82. The van der Waals surface area contributed by atoms with Crippen molar-refractivity contribution in [1.82, 2.24) is 15.2 Å². The van der Waals surface area contributed by atoms with E-state index >= 15 is 0 Å². The van der Waals surface area contributed by atoms with E-state index in [9.17, 15) is 0 Å². The number of anilines is 1. The second-order valence-electron chi connectivity index (χ2n) is 5.05. The molecule has 2 aromatic carbocycles. The average molecular weight is 294 g/mol. The molecule has 112 valence electrons. The predicted molar refractivity (Wildman–Crippen MR) is 85.7 cm³/mol. The number of aromatic nitrogens is 3. The molecule has 0 radical (unpaired) electrons. The van der Waals surface area contributed by atoms with Crippen molar-refractivity contribution >= 4 is 5.95 Å². The normalized spacial score (nSPS) is 10.4. The van der Waals surface area contributed by atoms with Crippen LogP contribution in [-0.4, -0.2) is 15.2 Å². The van der Waals surface area contributed by atoms with Crippen molar-refractivity contribution < 1.29 is 4.74 Å². The van der Waals surface area contributed by atoms with Crippen molar-refractivity contribution in [3.8, 4) is 5.75 Å². The Morgan fingerprint density at radius 2 is 2.05 bits per heavy atom. The lowest BCUT2D eigenvalue weighted by Crippen LogP contribution is -2.02. The number of ether oxygens (including phenoxy) is 1. The fourth-order valence-electron chi connectivity index (χ4n) is 2.15. The van der Waals surface area contributed by atoms with Crippen LogP contribution in [0, 0.1) is 6.92 Å². The van der Waals surface area contributed by atoms with Gasteiger partial charge in [0, 0.05) is 6.54 Å². The summed E-state index contributed by atoms with van der Waals surface area (Å²) in [5.74, 6) is 1.52. The van der Waals surface area contributed by atoms with Crippen LogP contribution in [0.4, 0.5) is 5.95 Å². The number of nitrogens with zero attached hydrogens (tertiary/aromatic N) is 2. The van der Waals surface area contributed by atoms with Crippen LogP contribution in [0.1, 0.15) is 16.7 Å². The zero-order valence-electron chi connectivity index (χ0n) is 12.4. The Morgan fingerprint density at radius 1 is 1.14 bits per heavy atom. The fourth-order valence-corrected chi connectivity index (χ4v) is 2.15. The Bertz CT molecular complexity index is 725. The van der Waals surface area contributed by atoms with Crippen molar-refractivity contribution in [2.24, 2.45) is 0 Å².